The lowest BCUT2D eigenvalue weighted by molar-refractivity contribution is -0.138. The SMILES string of the molecule is C=CC(=O)OCC1OC1CC(=C)C(=O)OC. The van der Waals surface area contributed by atoms with Crippen molar-refractivity contribution in [2.75, 3.05) is 13.7 Å². The number of esters is 2. The van der Waals surface area contributed by atoms with Gasteiger partial charge in [-0.05, 0) is 0 Å². The van der Waals surface area contributed by atoms with Crippen LogP contribution in [0.2, 0.25) is 0 Å². The highest BCUT2D eigenvalue weighted by molar-refractivity contribution is 5.87. The molecule has 0 aromatic carbocycles. The Morgan fingerprint density at radius 3 is 2.69 bits per heavy atom. The van der Waals surface area contributed by atoms with Crippen molar-refractivity contribution >= 4 is 11.9 Å². The molecule has 0 spiro atoms. The second-order valence-electron chi connectivity index (χ2n) is 3.35. The summed E-state index contributed by atoms with van der Waals surface area (Å²) in [6.45, 7) is 7.01. The molecule has 88 valence electrons. The summed E-state index contributed by atoms with van der Waals surface area (Å²) >= 11 is 0. The molecular formula is C11H14O5. The summed E-state index contributed by atoms with van der Waals surface area (Å²) in [6, 6.07) is 0. The predicted octanol–water partition coefficient (Wildman–Crippen LogP) is 0.602. The van der Waals surface area contributed by atoms with Crippen molar-refractivity contribution in [1.82, 2.24) is 0 Å². The number of hydrogen-bond acceptors (Lipinski definition) is 5. The molecule has 0 saturated carbocycles. The molecule has 1 heterocycles. The lowest BCUT2D eigenvalue weighted by atomic mass is 10.1. The fraction of sp³-hybridized carbons (Fsp3) is 0.455. The molecule has 0 N–H and O–H groups in total. The van der Waals surface area contributed by atoms with Crippen molar-refractivity contribution in [1.29, 1.82) is 0 Å². The molecule has 1 rings (SSSR count). The van der Waals surface area contributed by atoms with Crippen molar-refractivity contribution in [3.05, 3.63) is 24.8 Å². The van der Waals surface area contributed by atoms with Gasteiger partial charge in [-0.15, -0.1) is 0 Å². The van der Waals surface area contributed by atoms with E-state index in [0.29, 0.717) is 12.0 Å². The third-order valence-corrected chi connectivity index (χ3v) is 2.17. The van der Waals surface area contributed by atoms with Gasteiger partial charge >= 0.3 is 11.9 Å². The molecule has 16 heavy (non-hydrogen) atoms. The predicted molar refractivity (Wildman–Crippen MR) is 55.6 cm³/mol. The topological polar surface area (TPSA) is 65.1 Å². The van der Waals surface area contributed by atoms with Crippen molar-refractivity contribution in [3.8, 4) is 0 Å². The molecule has 5 heteroatoms. The average molecular weight is 226 g/mol. The molecule has 0 radical (unpaired) electrons. The van der Waals surface area contributed by atoms with Crippen molar-refractivity contribution in [3.63, 3.8) is 0 Å². The summed E-state index contributed by atoms with van der Waals surface area (Å²) in [5.74, 6) is -0.932. The van der Waals surface area contributed by atoms with Crippen LogP contribution in [0.15, 0.2) is 24.8 Å². The third-order valence-electron chi connectivity index (χ3n) is 2.17. The summed E-state index contributed by atoms with van der Waals surface area (Å²) in [7, 11) is 1.30. The van der Waals surface area contributed by atoms with E-state index in [-0.39, 0.29) is 18.8 Å². The number of epoxide rings is 1. The smallest absolute Gasteiger partial charge is 0.333 e. The van der Waals surface area contributed by atoms with E-state index in [1.807, 2.05) is 0 Å². The van der Waals surface area contributed by atoms with Crippen LogP contribution in [-0.2, 0) is 23.8 Å². The highest BCUT2D eigenvalue weighted by atomic mass is 16.6. The number of methoxy groups -OCH3 is 1. The van der Waals surface area contributed by atoms with Crippen LogP contribution in [0.3, 0.4) is 0 Å². The van der Waals surface area contributed by atoms with Crippen LogP contribution in [0, 0.1) is 0 Å². The zero-order valence-electron chi connectivity index (χ0n) is 9.10. The number of carbonyl (C=O) groups excluding carboxylic acids is 2. The van der Waals surface area contributed by atoms with E-state index in [9.17, 15) is 9.59 Å². The first-order valence-corrected chi connectivity index (χ1v) is 4.79. The van der Waals surface area contributed by atoms with E-state index in [4.69, 9.17) is 9.47 Å². The summed E-state index contributed by atoms with van der Waals surface area (Å²) in [5.41, 5.74) is 0.352. The van der Waals surface area contributed by atoms with Crippen LogP contribution in [0.1, 0.15) is 6.42 Å². The lowest BCUT2D eigenvalue weighted by Crippen LogP contribution is -2.11. The van der Waals surface area contributed by atoms with E-state index in [0.717, 1.165) is 6.08 Å². The molecule has 0 aliphatic carbocycles. The Bertz CT molecular complexity index is 320. The zero-order chi connectivity index (χ0) is 12.1. The van der Waals surface area contributed by atoms with Gasteiger partial charge < -0.3 is 14.2 Å². The first-order valence-electron chi connectivity index (χ1n) is 4.79. The second-order valence-corrected chi connectivity index (χ2v) is 3.35. The third kappa shape index (κ3) is 3.51. The molecule has 2 unspecified atom stereocenters. The minimum atomic E-state index is -0.485. The minimum Gasteiger partial charge on any atom is -0.466 e. The van der Waals surface area contributed by atoms with Crippen LogP contribution in [0.5, 0.6) is 0 Å². The summed E-state index contributed by atoms with van der Waals surface area (Å²) in [5, 5.41) is 0. The van der Waals surface area contributed by atoms with E-state index in [2.05, 4.69) is 17.9 Å². The molecule has 0 aromatic rings. The molecule has 0 amide bonds. The van der Waals surface area contributed by atoms with E-state index in [1.165, 1.54) is 7.11 Å². The first kappa shape index (κ1) is 12.4. The van der Waals surface area contributed by atoms with Gasteiger partial charge in [-0.3, -0.25) is 0 Å². The maximum atomic E-state index is 11.0. The normalized spacial score (nSPS) is 22.1. The molecule has 0 bridgehead atoms. The number of carbonyl (C=O) groups is 2. The Morgan fingerprint density at radius 2 is 2.12 bits per heavy atom. The van der Waals surface area contributed by atoms with Gasteiger partial charge in [-0.25, -0.2) is 9.59 Å². The van der Waals surface area contributed by atoms with Gasteiger partial charge in [0.25, 0.3) is 0 Å². The zero-order valence-corrected chi connectivity index (χ0v) is 9.10. The summed E-state index contributed by atoms with van der Waals surface area (Å²) in [4.78, 5) is 21.8. The van der Waals surface area contributed by atoms with Crippen LogP contribution in [-0.4, -0.2) is 37.9 Å². The van der Waals surface area contributed by atoms with Gasteiger partial charge in [0.1, 0.15) is 12.7 Å². The fourth-order valence-corrected chi connectivity index (χ4v) is 1.20. The molecule has 1 aliphatic heterocycles. The Balaban J connectivity index is 2.20. The standard InChI is InChI=1S/C11H14O5/c1-4-10(12)15-6-9-8(16-9)5-7(2)11(13)14-3/h4,8-9H,1-2,5-6H2,3H3. The Labute approximate surface area is 93.7 Å². The Hall–Kier alpha value is -1.62. The van der Waals surface area contributed by atoms with Crippen LogP contribution < -0.4 is 0 Å². The van der Waals surface area contributed by atoms with Gasteiger partial charge in [0.05, 0.1) is 13.2 Å². The molecule has 0 aromatic heterocycles. The highest BCUT2D eigenvalue weighted by Gasteiger charge is 2.40. The molecule has 2 atom stereocenters. The van der Waals surface area contributed by atoms with Crippen molar-refractivity contribution in [2.24, 2.45) is 0 Å². The van der Waals surface area contributed by atoms with Gasteiger partial charge in [0.2, 0.25) is 0 Å². The summed E-state index contributed by atoms with van der Waals surface area (Å²) in [6.07, 6.45) is 1.20. The highest BCUT2D eigenvalue weighted by Crippen LogP contribution is 2.28. The minimum absolute atomic E-state index is 0.121. The number of hydrogen-bond donors (Lipinski definition) is 0. The van der Waals surface area contributed by atoms with Gasteiger partial charge in [0, 0.05) is 18.1 Å². The summed E-state index contributed by atoms with van der Waals surface area (Å²) < 4.78 is 14.5. The monoisotopic (exact) mass is 226 g/mol. The van der Waals surface area contributed by atoms with Crippen LogP contribution in [0.4, 0.5) is 0 Å². The quantitative estimate of drug-likeness (QED) is 0.377. The molecular weight excluding hydrogens is 212 g/mol. The molecule has 1 saturated heterocycles. The maximum absolute atomic E-state index is 11.0. The average Bonchev–Trinajstić information content (AvgIpc) is 3.03. The largest absolute Gasteiger partial charge is 0.466 e. The van der Waals surface area contributed by atoms with Gasteiger partial charge in [-0.1, -0.05) is 13.2 Å². The van der Waals surface area contributed by atoms with E-state index >= 15 is 0 Å². The van der Waals surface area contributed by atoms with Crippen LogP contribution >= 0.6 is 0 Å². The van der Waals surface area contributed by atoms with Crippen molar-refractivity contribution < 1.29 is 23.8 Å². The van der Waals surface area contributed by atoms with Crippen LogP contribution in [0.25, 0.3) is 0 Å². The fourth-order valence-electron chi connectivity index (χ4n) is 1.20. The van der Waals surface area contributed by atoms with Crippen molar-refractivity contribution in [2.45, 2.75) is 18.6 Å². The molecule has 1 fully saturated rings. The maximum Gasteiger partial charge on any atom is 0.333 e. The van der Waals surface area contributed by atoms with E-state index < -0.39 is 11.9 Å². The number of ether oxygens (including phenoxy) is 3. The Kier molecular flexibility index (Phi) is 4.25. The Morgan fingerprint density at radius 1 is 1.44 bits per heavy atom. The number of rotatable bonds is 6. The molecule has 1 aliphatic rings. The molecule has 5 nitrogen and oxygen atoms in total. The van der Waals surface area contributed by atoms with E-state index in [1.54, 1.807) is 0 Å². The lowest BCUT2D eigenvalue weighted by Gasteiger charge is -2.00. The second kappa shape index (κ2) is 5.46. The van der Waals surface area contributed by atoms with Gasteiger partial charge in [-0.2, -0.15) is 0 Å². The van der Waals surface area contributed by atoms with Gasteiger partial charge in [0.15, 0.2) is 0 Å². The first-order chi connectivity index (χ1) is 7.58.